The van der Waals surface area contributed by atoms with Crippen molar-refractivity contribution in [1.29, 1.82) is 0 Å². The Labute approximate surface area is 248 Å². The van der Waals surface area contributed by atoms with Gasteiger partial charge in [0.15, 0.2) is 0 Å². The van der Waals surface area contributed by atoms with Crippen LogP contribution in [0.1, 0.15) is 43.6 Å². The summed E-state index contributed by atoms with van der Waals surface area (Å²) in [4.78, 5) is 43.5. The molecule has 1 unspecified atom stereocenters. The summed E-state index contributed by atoms with van der Waals surface area (Å²) in [5.41, 5.74) is 1.67. The van der Waals surface area contributed by atoms with Crippen LogP contribution in [-0.2, 0) is 14.3 Å². The van der Waals surface area contributed by atoms with Crippen LogP contribution in [0.25, 0.3) is 16.8 Å². The SMILES string of the molecule is COCCC(C(=O)Nc1ccc(C(=O)OC(C)(C)C)cc1)n1cc(OC)c(-c2cc(Cl)ccc2-n2ccnc2)cc1=O. The lowest BCUT2D eigenvalue weighted by molar-refractivity contribution is -0.119. The van der Waals surface area contributed by atoms with Crippen LogP contribution in [0.2, 0.25) is 5.02 Å². The van der Waals surface area contributed by atoms with Crippen LogP contribution in [0.5, 0.6) is 5.75 Å². The fraction of sp³-hybridized carbons (Fsp3) is 0.290. The van der Waals surface area contributed by atoms with Gasteiger partial charge in [0.2, 0.25) is 5.91 Å². The molecular weight excluding hydrogens is 560 g/mol. The number of methoxy groups -OCH3 is 2. The summed E-state index contributed by atoms with van der Waals surface area (Å²) in [6.07, 6.45) is 6.81. The number of pyridine rings is 1. The van der Waals surface area contributed by atoms with Crippen LogP contribution in [0, 0.1) is 0 Å². The Morgan fingerprint density at radius 1 is 1.05 bits per heavy atom. The first kappa shape index (κ1) is 30.5. The molecule has 220 valence electrons. The number of hydrogen-bond donors (Lipinski definition) is 1. The summed E-state index contributed by atoms with van der Waals surface area (Å²) in [6.45, 7) is 5.59. The maximum atomic E-state index is 13.5. The van der Waals surface area contributed by atoms with Gasteiger partial charge in [-0.1, -0.05) is 11.6 Å². The van der Waals surface area contributed by atoms with E-state index in [1.165, 1.54) is 31.0 Å². The summed E-state index contributed by atoms with van der Waals surface area (Å²) in [5.74, 6) is -0.529. The number of ether oxygens (including phenoxy) is 3. The minimum absolute atomic E-state index is 0.220. The molecule has 0 bridgehead atoms. The van der Waals surface area contributed by atoms with Crippen molar-refractivity contribution in [3.63, 3.8) is 0 Å². The zero-order valence-electron chi connectivity index (χ0n) is 24.1. The molecule has 10 nitrogen and oxygen atoms in total. The molecule has 4 rings (SSSR count). The van der Waals surface area contributed by atoms with Gasteiger partial charge in [0.1, 0.15) is 17.4 Å². The minimum atomic E-state index is -0.918. The molecule has 0 spiro atoms. The van der Waals surface area contributed by atoms with Crippen molar-refractivity contribution < 1.29 is 23.8 Å². The number of esters is 1. The molecule has 1 atom stereocenters. The Kier molecular flexibility index (Phi) is 9.49. The maximum absolute atomic E-state index is 13.5. The number of carbonyl (C=O) groups is 2. The molecule has 0 saturated carbocycles. The molecule has 11 heteroatoms. The minimum Gasteiger partial charge on any atom is -0.495 e. The highest BCUT2D eigenvalue weighted by Crippen LogP contribution is 2.35. The molecule has 0 fully saturated rings. The van der Waals surface area contributed by atoms with Crippen molar-refractivity contribution in [3.8, 4) is 22.6 Å². The van der Waals surface area contributed by atoms with Crippen molar-refractivity contribution in [2.24, 2.45) is 0 Å². The van der Waals surface area contributed by atoms with Crippen LogP contribution >= 0.6 is 11.6 Å². The van der Waals surface area contributed by atoms with Crippen molar-refractivity contribution in [2.75, 3.05) is 26.1 Å². The first-order valence-electron chi connectivity index (χ1n) is 13.2. The average Bonchev–Trinajstić information content (AvgIpc) is 3.48. The zero-order valence-corrected chi connectivity index (χ0v) is 24.8. The molecule has 1 N–H and O–H groups in total. The number of halogens is 1. The Hall–Kier alpha value is -4.41. The molecule has 4 aromatic rings. The second-order valence-corrected chi connectivity index (χ2v) is 10.9. The fourth-order valence-electron chi connectivity index (χ4n) is 4.37. The predicted octanol–water partition coefficient (Wildman–Crippen LogP) is 5.53. The van der Waals surface area contributed by atoms with Gasteiger partial charge in [0.05, 0.1) is 30.9 Å². The fourth-order valence-corrected chi connectivity index (χ4v) is 4.55. The summed E-state index contributed by atoms with van der Waals surface area (Å²) in [7, 11) is 3.01. The molecule has 42 heavy (non-hydrogen) atoms. The topological polar surface area (TPSA) is 114 Å². The van der Waals surface area contributed by atoms with Crippen LogP contribution in [0.15, 0.2) is 78.2 Å². The van der Waals surface area contributed by atoms with Crippen molar-refractivity contribution in [3.05, 3.63) is 94.4 Å². The van der Waals surface area contributed by atoms with Gasteiger partial charge in [-0.3, -0.25) is 14.2 Å². The van der Waals surface area contributed by atoms with Gasteiger partial charge in [-0.05, 0) is 63.2 Å². The third kappa shape index (κ3) is 7.26. The first-order valence-corrected chi connectivity index (χ1v) is 13.6. The van der Waals surface area contributed by atoms with Gasteiger partial charge in [-0.15, -0.1) is 0 Å². The Balaban J connectivity index is 1.66. The van der Waals surface area contributed by atoms with Crippen molar-refractivity contribution >= 4 is 29.2 Å². The van der Waals surface area contributed by atoms with E-state index in [2.05, 4.69) is 10.3 Å². The summed E-state index contributed by atoms with van der Waals surface area (Å²) >= 11 is 6.33. The molecule has 2 aromatic heterocycles. The van der Waals surface area contributed by atoms with Crippen molar-refractivity contribution in [1.82, 2.24) is 14.1 Å². The van der Waals surface area contributed by atoms with Gasteiger partial charge in [0.25, 0.3) is 5.56 Å². The first-order chi connectivity index (χ1) is 20.0. The van der Waals surface area contributed by atoms with Crippen molar-refractivity contribution in [2.45, 2.75) is 38.8 Å². The van der Waals surface area contributed by atoms with E-state index in [0.717, 1.165) is 5.69 Å². The third-order valence-electron chi connectivity index (χ3n) is 6.32. The van der Waals surface area contributed by atoms with E-state index >= 15 is 0 Å². The maximum Gasteiger partial charge on any atom is 0.338 e. The highest BCUT2D eigenvalue weighted by atomic mass is 35.5. The quantitative estimate of drug-likeness (QED) is 0.241. The Bertz CT molecular complexity index is 1610. The highest BCUT2D eigenvalue weighted by molar-refractivity contribution is 6.31. The number of amides is 1. The average molecular weight is 593 g/mol. The van der Waals surface area contributed by atoms with E-state index in [0.29, 0.717) is 33.1 Å². The van der Waals surface area contributed by atoms with Gasteiger partial charge in [-0.2, -0.15) is 0 Å². The third-order valence-corrected chi connectivity index (χ3v) is 6.55. The molecule has 0 aliphatic heterocycles. The summed E-state index contributed by atoms with van der Waals surface area (Å²) in [5, 5.41) is 3.32. The van der Waals surface area contributed by atoms with E-state index in [-0.39, 0.29) is 13.0 Å². The van der Waals surface area contributed by atoms with Crippen LogP contribution in [-0.4, -0.2) is 52.4 Å². The lowest BCUT2D eigenvalue weighted by Crippen LogP contribution is -2.34. The largest absolute Gasteiger partial charge is 0.495 e. The van der Waals surface area contributed by atoms with E-state index in [9.17, 15) is 14.4 Å². The van der Waals surface area contributed by atoms with E-state index in [1.54, 1.807) is 80.5 Å². The van der Waals surface area contributed by atoms with E-state index in [1.807, 2.05) is 6.07 Å². The molecule has 0 radical (unpaired) electrons. The standard InChI is InChI=1S/C31H33ClN4O6/c1-31(2,3)42-30(39)20-6-9-22(10-7-20)34-29(38)26(12-15-40-4)36-18-27(41-5)24(17-28(36)37)23-16-21(32)8-11-25(23)35-14-13-33-19-35/h6-11,13-14,16-19,26H,12,15H2,1-5H3,(H,34,38). The second-order valence-electron chi connectivity index (χ2n) is 10.5. The second kappa shape index (κ2) is 13.1. The Morgan fingerprint density at radius 2 is 1.79 bits per heavy atom. The van der Waals surface area contributed by atoms with Crippen LogP contribution in [0.4, 0.5) is 5.69 Å². The number of carbonyl (C=O) groups excluding carboxylic acids is 2. The molecule has 1 amide bonds. The molecule has 0 aliphatic rings. The number of rotatable bonds is 10. The van der Waals surface area contributed by atoms with Gasteiger partial charge < -0.3 is 24.1 Å². The van der Waals surface area contributed by atoms with Gasteiger partial charge in [-0.25, -0.2) is 9.78 Å². The van der Waals surface area contributed by atoms with Crippen LogP contribution < -0.4 is 15.6 Å². The summed E-state index contributed by atoms with van der Waals surface area (Å²) < 4.78 is 19.5. The number of nitrogens with zero attached hydrogens (tertiary/aromatic N) is 3. The van der Waals surface area contributed by atoms with Crippen LogP contribution in [0.3, 0.4) is 0 Å². The molecule has 0 saturated heterocycles. The number of anilines is 1. The summed E-state index contributed by atoms with van der Waals surface area (Å²) in [6, 6.07) is 12.2. The monoisotopic (exact) mass is 592 g/mol. The molecule has 2 aromatic carbocycles. The number of aromatic nitrogens is 3. The van der Waals surface area contributed by atoms with E-state index in [4.69, 9.17) is 25.8 Å². The number of imidazole rings is 1. The molecular formula is C31H33ClN4O6. The zero-order chi connectivity index (χ0) is 30.4. The smallest absolute Gasteiger partial charge is 0.338 e. The Morgan fingerprint density at radius 3 is 2.40 bits per heavy atom. The van der Waals surface area contributed by atoms with Gasteiger partial charge in [0, 0.05) is 60.4 Å². The van der Waals surface area contributed by atoms with Gasteiger partial charge >= 0.3 is 5.97 Å². The lowest BCUT2D eigenvalue weighted by atomic mass is 10.0. The highest BCUT2D eigenvalue weighted by Gasteiger charge is 2.25. The normalized spacial score (nSPS) is 12.0. The molecule has 2 heterocycles. The van der Waals surface area contributed by atoms with E-state index < -0.39 is 29.1 Å². The lowest BCUT2D eigenvalue weighted by Gasteiger charge is -2.22. The number of benzene rings is 2. The molecule has 0 aliphatic carbocycles. The number of hydrogen-bond acceptors (Lipinski definition) is 7. The predicted molar refractivity (Wildman–Crippen MR) is 161 cm³/mol. The number of nitrogens with one attached hydrogen (secondary N) is 1.